The smallest absolute Gasteiger partial charge is 0.431 e. The molecule has 2 aromatic rings. The molecule has 6 nitrogen and oxygen atoms in total. The number of rotatable bonds is 6. The van der Waals surface area contributed by atoms with Crippen molar-refractivity contribution in [2.24, 2.45) is 0 Å². The van der Waals surface area contributed by atoms with E-state index < -0.39 is 17.4 Å². The number of halogens is 3. The number of ether oxygens (including phenoxy) is 2. The van der Waals surface area contributed by atoms with Crippen LogP contribution in [0.15, 0.2) is 30.3 Å². The minimum absolute atomic E-state index is 0. The molecule has 1 spiro atoms. The highest BCUT2D eigenvalue weighted by molar-refractivity contribution is 5.95. The molecule has 0 saturated carbocycles. The lowest BCUT2D eigenvalue weighted by atomic mass is 9.83. The van der Waals surface area contributed by atoms with Crippen LogP contribution in [0, 0.1) is 0 Å². The number of nitrogens with zero attached hydrogens (tertiary/aromatic N) is 2. The second-order valence-corrected chi connectivity index (χ2v) is 8.62. The molecule has 1 aromatic carbocycles. The summed E-state index contributed by atoms with van der Waals surface area (Å²) >= 11 is 0. The molecule has 1 saturated heterocycles. The summed E-state index contributed by atoms with van der Waals surface area (Å²) in [5.41, 5.74) is 0.00586. The molecule has 3 heterocycles. The Hall–Kier alpha value is -2.68. The van der Waals surface area contributed by atoms with Gasteiger partial charge in [-0.15, -0.1) is 0 Å². The molecular formula is C24H32F3N3O3. The van der Waals surface area contributed by atoms with Gasteiger partial charge in [-0.05, 0) is 49.6 Å². The van der Waals surface area contributed by atoms with E-state index in [1.165, 1.54) is 4.57 Å². The largest absolute Gasteiger partial charge is 0.493 e. The maximum absolute atomic E-state index is 13.4. The molecule has 1 N–H and O–H groups in total. The van der Waals surface area contributed by atoms with Gasteiger partial charge in [-0.1, -0.05) is 13.3 Å². The van der Waals surface area contributed by atoms with Gasteiger partial charge in [-0.2, -0.15) is 13.2 Å². The van der Waals surface area contributed by atoms with Crippen LogP contribution in [0.5, 0.6) is 11.5 Å². The minimum Gasteiger partial charge on any atom is -0.493 e. The molecule has 0 aliphatic carbocycles. The highest BCUT2D eigenvalue weighted by Gasteiger charge is 2.44. The third kappa shape index (κ3) is 4.55. The highest BCUT2D eigenvalue weighted by Crippen LogP contribution is 2.40. The molecule has 4 rings (SSSR count). The van der Waals surface area contributed by atoms with Crippen molar-refractivity contribution in [3.63, 3.8) is 0 Å². The molecule has 1 amide bonds. The molecule has 0 bridgehead atoms. The number of piperidine rings is 1. The molecule has 182 valence electrons. The second-order valence-electron chi connectivity index (χ2n) is 8.62. The Morgan fingerprint density at radius 3 is 2.58 bits per heavy atom. The van der Waals surface area contributed by atoms with Crippen LogP contribution in [-0.2, 0) is 18.3 Å². The summed E-state index contributed by atoms with van der Waals surface area (Å²) in [5, 5.41) is 3.44. The zero-order chi connectivity index (χ0) is 23.6. The summed E-state index contributed by atoms with van der Waals surface area (Å²) < 4.78 is 52.7. The molecule has 0 atom stereocenters. The first kappa shape index (κ1) is 23.5. The average Bonchev–Trinajstić information content (AvgIpc) is 3.26. The van der Waals surface area contributed by atoms with Gasteiger partial charge in [0.1, 0.15) is 5.69 Å². The number of carbonyl (C=O) groups is 1. The third-order valence-corrected chi connectivity index (χ3v) is 6.63. The molecule has 2 aliphatic heterocycles. The predicted octanol–water partition coefficient (Wildman–Crippen LogP) is 4.68. The van der Waals surface area contributed by atoms with Gasteiger partial charge in [0.25, 0.3) is 5.91 Å². The molecule has 2 aliphatic rings. The fourth-order valence-electron chi connectivity index (χ4n) is 4.82. The number of hydrogen-bond donors (Lipinski definition) is 1. The number of benzene rings is 1. The van der Waals surface area contributed by atoms with Crippen molar-refractivity contribution in [2.75, 3.05) is 33.4 Å². The van der Waals surface area contributed by atoms with E-state index in [4.69, 9.17) is 9.47 Å². The summed E-state index contributed by atoms with van der Waals surface area (Å²) in [7, 11) is 1.54. The predicted molar refractivity (Wildman–Crippen MR) is 120 cm³/mol. The molecule has 33 heavy (non-hydrogen) atoms. The number of alkyl halides is 3. The molecule has 1 fully saturated rings. The quantitative estimate of drug-likeness (QED) is 0.627. The lowest BCUT2D eigenvalue weighted by molar-refractivity contribution is -0.144. The number of methoxy groups -OCH3 is 1. The van der Waals surface area contributed by atoms with Crippen molar-refractivity contribution in [2.45, 2.75) is 50.9 Å². The van der Waals surface area contributed by atoms with E-state index in [0.717, 1.165) is 18.9 Å². The summed E-state index contributed by atoms with van der Waals surface area (Å²) in [6.07, 6.45) is -1.32. The summed E-state index contributed by atoms with van der Waals surface area (Å²) in [4.78, 5) is 14.9. The second kappa shape index (κ2) is 9.29. The number of likely N-dealkylation sites (tertiary alicyclic amines) is 1. The fourth-order valence-corrected chi connectivity index (χ4v) is 4.82. The summed E-state index contributed by atoms with van der Waals surface area (Å²) in [6, 6.07) is 7.91. The number of carbonyl (C=O) groups excluding carboxylic acids is 1. The van der Waals surface area contributed by atoms with Crippen LogP contribution in [0.3, 0.4) is 0 Å². The standard InChI is InChI=1S/C24H30F3N3O3.H2/c1-3-4-15-33-18-6-5-17(16-19(18)32-2)22(31)29-12-9-23(10-13-29)20-7-8-21(24(25,26)27)30(20)14-11-28-23;/h5-8,16,28H,3-4,9-15H2,1-2H3;1H. The van der Waals surface area contributed by atoms with E-state index >= 15 is 0 Å². The number of amides is 1. The van der Waals surface area contributed by atoms with E-state index in [-0.39, 0.29) is 13.9 Å². The molecular weight excluding hydrogens is 435 g/mol. The van der Waals surface area contributed by atoms with E-state index in [9.17, 15) is 18.0 Å². The first-order valence-electron chi connectivity index (χ1n) is 11.4. The SMILES string of the molecule is CCCCOc1ccc(C(=O)N2CCC3(CC2)NCCn2c(C(F)(F)F)ccc23)cc1OC.[HH]. The van der Waals surface area contributed by atoms with Gasteiger partial charge in [0.05, 0.1) is 19.3 Å². The van der Waals surface area contributed by atoms with Crippen molar-refractivity contribution in [3.05, 3.63) is 47.3 Å². The lowest BCUT2D eigenvalue weighted by Crippen LogP contribution is -2.56. The number of unbranched alkanes of at least 4 members (excludes halogenated alkanes) is 1. The van der Waals surface area contributed by atoms with Crippen LogP contribution in [0.4, 0.5) is 13.2 Å². The maximum Gasteiger partial charge on any atom is 0.431 e. The van der Waals surface area contributed by atoms with Crippen molar-refractivity contribution in [1.29, 1.82) is 0 Å². The Bertz CT molecular complexity index is 1000. The van der Waals surface area contributed by atoms with Crippen LogP contribution in [0.1, 0.15) is 55.8 Å². The van der Waals surface area contributed by atoms with Crippen molar-refractivity contribution in [3.8, 4) is 11.5 Å². The van der Waals surface area contributed by atoms with E-state index in [1.807, 2.05) is 0 Å². The topological polar surface area (TPSA) is 55.7 Å². The molecule has 1 aromatic heterocycles. The maximum atomic E-state index is 13.4. The van der Waals surface area contributed by atoms with Crippen LogP contribution in [0.2, 0.25) is 0 Å². The Kier molecular flexibility index (Phi) is 6.61. The van der Waals surface area contributed by atoms with Gasteiger partial charge >= 0.3 is 6.18 Å². The lowest BCUT2D eigenvalue weighted by Gasteiger charge is -2.45. The number of nitrogens with one attached hydrogen (secondary N) is 1. The van der Waals surface area contributed by atoms with Crippen LogP contribution >= 0.6 is 0 Å². The minimum atomic E-state index is -4.38. The zero-order valence-corrected chi connectivity index (χ0v) is 19.0. The molecule has 0 unspecified atom stereocenters. The fraction of sp³-hybridized carbons (Fsp3) is 0.542. The van der Waals surface area contributed by atoms with Gasteiger partial charge in [0, 0.05) is 38.9 Å². The first-order valence-corrected chi connectivity index (χ1v) is 11.4. The van der Waals surface area contributed by atoms with E-state index in [1.54, 1.807) is 36.3 Å². The van der Waals surface area contributed by atoms with Gasteiger partial charge in [0.15, 0.2) is 11.5 Å². The third-order valence-electron chi connectivity index (χ3n) is 6.63. The normalized spacial score (nSPS) is 17.7. The van der Waals surface area contributed by atoms with Crippen LogP contribution in [-0.4, -0.2) is 48.7 Å². The molecule has 0 radical (unpaired) electrons. The monoisotopic (exact) mass is 467 g/mol. The van der Waals surface area contributed by atoms with E-state index in [0.29, 0.717) is 61.8 Å². The zero-order valence-electron chi connectivity index (χ0n) is 19.0. The number of hydrogen-bond acceptors (Lipinski definition) is 4. The van der Waals surface area contributed by atoms with Gasteiger partial charge in [-0.3, -0.25) is 4.79 Å². The van der Waals surface area contributed by atoms with Gasteiger partial charge in [-0.25, -0.2) is 0 Å². The van der Waals surface area contributed by atoms with Crippen molar-refractivity contribution in [1.82, 2.24) is 14.8 Å². The van der Waals surface area contributed by atoms with Crippen LogP contribution < -0.4 is 14.8 Å². The molecule has 9 heteroatoms. The van der Waals surface area contributed by atoms with Crippen molar-refractivity contribution >= 4 is 5.91 Å². The van der Waals surface area contributed by atoms with Gasteiger partial charge in [0.2, 0.25) is 0 Å². The number of fused-ring (bicyclic) bond motifs is 2. The summed E-state index contributed by atoms with van der Waals surface area (Å²) in [5.74, 6) is 0.995. The Balaban J connectivity index is 0.00000324. The van der Waals surface area contributed by atoms with Gasteiger partial charge < -0.3 is 24.3 Å². The Labute approximate surface area is 193 Å². The average molecular weight is 468 g/mol. The Morgan fingerprint density at radius 2 is 1.91 bits per heavy atom. The Morgan fingerprint density at radius 1 is 1.15 bits per heavy atom. The highest BCUT2D eigenvalue weighted by atomic mass is 19.4. The van der Waals surface area contributed by atoms with Crippen LogP contribution in [0.25, 0.3) is 0 Å². The summed E-state index contributed by atoms with van der Waals surface area (Å²) in [6.45, 7) is 4.33. The number of aromatic nitrogens is 1. The van der Waals surface area contributed by atoms with E-state index in [2.05, 4.69) is 12.2 Å². The van der Waals surface area contributed by atoms with Crippen molar-refractivity contribution < 1.29 is 28.9 Å². The first-order chi connectivity index (χ1) is 15.8.